The van der Waals surface area contributed by atoms with Crippen LogP contribution >= 0.6 is 7.82 Å². The molecule has 0 aliphatic carbocycles. The van der Waals surface area contributed by atoms with Gasteiger partial charge in [0.1, 0.15) is 12.7 Å². The first-order chi connectivity index (χ1) is 26.1. The van der Waals surface area contributed by atoms with Gasteiger partial charge in [-0.3, -0.25) is 18.6 Å². The van der Waals surface area contributed by atoms with Crippen LogP contribution in [0.5, 0.6) is 0 Å². The molecule has 4 N–H and O–H groups in total. The molecule has 0 radical (unpaired) electrons. The summed E-state index contributed by atoms with van der Waals surface area (Å²) in [7, 11) is -4.77. The van der Waals surface area contributed by atoms with Gasteiger partial charge >= 0.3 is 19.8 Å². The van der Waals surface area contributed by atoms with Crippen molar-refractivity contribution in [2.24, 2.45) is 0 Å². The number of aliphatic hydroxyl groups excluding tert-OH is 1. The highest BCUT2D eigenvalue weighted by molar-refractivity contribution is 7.47. The van der Waals surface area contributed by atoms with Crippen LogP contribution in [-0.4, -0.2) is 64.9 Å². The molecule has 12 heteroatoms. The van der Waals surface area contributed by atoms with Crippen LogP contribution in [0.25, 0.3) is 0 Å². The van der Waals surface area contributed by atoms with Gasteiger partial charge < -0.3 is 25.2 Å². The summed E-state index contributed by atoms with van der Waals surface area (Å²) in [6.07, 6.45) is 41.1. The molecule has 0 aromatic heterocycles. The first-order valence-electron chi connectivity index (χ1n) is 20.3. The van der Waals surface area contributed by atoms with E-state index in [1.165, 1.54) is 57.8 Å². The van der Waals surface area contributed by atoms with Crippen LogP contribution in [0.3, 0.4) is 0 Å². The summed E-state index contributed by atoms with van der Waals surface area (Å²) in [5, 5.41) is 21.8. The Hall–Kier alpha value is -2.82. The second-order valence-corrected chi connectivity index (χ2v) is 14.9. The normalized spacial score (nSPS) is 14.4. The fourth-order valence-electron chi connectivity index (χ4n) is 5.17. The average molecular weight is 782 g/mol. The van der Waals surface area contributed by atoms with Crippen molar-refractivity contribution in [3.8, 4) is 0 Å². The maximum atomic E-state index is 12.3. The Bertz CT molecular complexity index is 1150. The van der Waals surface area contributed by atoms with Gasteiger partial charge in [-0.15, -0.1) is 0 Å². The Morgan fingerprint density at radius 3 is 1.57 bits per heavy atom. The zero-order valence-electron chi connectivity index (χ0n) is 33.3. The number of unbranched alkanes of at least 4 members (excludes halogenated alkanes) is 13. The number of hydrogen-bond acceptors (Lipinski definition) is 8. The van der Waals surface area contributed by atoms with Crippen LogP contribution in [0.15, 0.2) is 60.8 Å². The molecule has 3 unspecified atom stereocenters. The maximum absolute atomic E-state index is 12.3. The van der Waals surface area contributed by atoms with Gasteiger partial charge in [-0.1, -0.05) is 152 Å². The molecule has 0 aliphatic rings. The lowest BCUT2D eigenvalue weighted by molar-refractivity contribution is -0.147. The summed E-state index contributed by atoms with van der Waals surface area (Å²) >= 11 is 0. The Morgan fingerprint density at radius 1 is 0.611 bits per heavy atom. The van der Waals surface area contributed by atoms with Crippen molar-refractivity contribution in [1.82, 2.24) is 5.32 Å². The van der Waals surface area contributed by atoms with Crippen LogP contribution < -0.4 is 5.32 Å². The van der Waals surface area contributed by atoms with Crippen molar-refractivity contribution in [1.29, 1.82) is 0 Å². The maximum Gasteiger partial charge on any atom is 0.472 e. The van der Waals surface area contributed by atoms with Crippen LogP contribution in [0.1, 0.15) is 155 Å². The minimum atomic E-state index is -4.77. The monoisotopic (exact) mass is 781 g/mol. The molecule has 0 saturated heterocycles. The minimum Gasteiger partial charge on any atom is -0.480 e. The molecule has 0 spiro atoms. The molecule has 310 valence electrons. The van der Waals surface area contributed by atoms with Crippen molar-refractivity contribution in [2.45, 2.75) is 167 Å². The van der Waals surface area contributed by atoms with E-state index in [0.717, 1.165) is 51.4 Å². The smallest absolute Gasteiger partial charge is 0.472 e. The number of carbonyl (C=O) groups is 3. The van der Waals surface area contributed by atoms with E-state index < -0.39 is 57.6 Å². The molecule has 0 aromatic carbocycles. The van der Waals surface area contributed by atoms with Crippen LogP contribution in [0, 0.1) is 0 Å². The number of aliphatic carboxylic acids is 1. The van der Waals surface area contributed by atoms with E-state index in [4.69, 9.17) is 13.8 Å². The van der Waals surface area contributed by atoms with Crippen molar-refractivity contribution >= 4 is 25.7 Å². The summed E-state index contributed by atoms with van der Waals surface area (Å²) in [6, 6.07) is -1.55. The molecule has 54 heavy (non-hydrogen) atoms. The van der Waals surface area contributed by atoms with Crippen molar-refractivity contribution in [3.63, 3.8) is 0 Å². The number of hydrogen-bond donors (Lipinski definition) is 4. The van der Waals surface area contributed by atoms with Crippen molar-refractivity contribution in [2.75, 3.05) is 19.8 Å². The molecule has 1 amide bonds. The Kier molecular flexibility index (Phi) is 35.2. The Balaban J connectivity index is 4.02. The van der Waals surface area contributed by atoms with Gasteiger partial charge in [0.15, 0.2) is 6.04 Å². The quantitative estimate of drug-likeness (QED) is 0.0206. The number of carboxylic acid groups (broad SMARTS) is 1. The number of phosphoric ester groups is 1. The molecular weight excluding hydrogens is 709 g/mol. The highest BCUT2D eigenvalue weighted by Gasteiger charge is 2.28. The molecule has 0 aliphatic heterocycles. The van der Waals surface area contributed by atoms with Crippen molar-refractivity contribution < 1.29 is 47.8 Å². The number of ether oxygens (including phenoxy) is 1. The first kappa shape index (κ1) is 51.2. The highest BCUT2D eigenvalue weighted by atomic mass is 31.2. The number of nitrogens with one attached hydrogen (secondary N) is 1. The molecule has 0 heterocycles. The van der Waals surface area contributed by atoms with Gasteiger partial charge in [0, 0.05) is 12.8 Å². The fraction of sp³-hybridized carbons (Fsp3) is 0.690. The predicted octanol–water partition coefficient (Wildman–Crippen LogP) is 10.00. The third-order valence-electron chi connectivity index (χ3n) is 8.32. The Labute approximate surface area is 326 Å². The molecule has 0 bridgehead atoms. The number of allylic oxidation sites excluding steroid dienone is 10. The van der Waals surface area contributed by atoms with Gasteiger partial charge in [-0.2, -0.15) is 0 Å². The second-order valence-electron chi connectivity index (χ2n) is 13.4. The highest BCUT2D eigenvalue weighted by Crippen LogP contribution is 2.43. The number of aliphatic hydroxyl groups is 1. The summed E-state index contributed by atoms with van der Waals surface area (Å²) < 4.78 is 26.7. The van der Waals surface area contributed by atoms with E-state index in [1.807, 2.05) is 12.2 Å². The minimum absolute atomic E-state index is 0.142. The SMILES string of the molecule is CC/C=C\C/C=C\C/C=C\C/C=C\C/C=C\CCCC(=O)OCC(O)COP(=O)(O)OCC(NC(=O)CCCCCCCCCCCCCCC)C(=O)O. The summed E-state index contributed by atoms with van der Waals surface area (Å²) in [5.41, 5.74) is 0. The number of carboxylic acids is 1. The largest absolute Gasteiger partial charge is 0.480 e. The van der Waals surface area contributed by atoms with Gasteiger partial charge in [-0.25, -0.2) is 9.36 Å². The molecule has 11 nitrogen and oxygen atoms in total. The van der Waals surface area contributed by atoms with E-state index in [9.17, 15) is 34.1 Å². The lowest BCUT2D eigenvalue weighted by Gasteiger charge is -2.18. The fourth-order valence-corrected chi connectivity index (χ4v) is 5.95. The van der Waals surface area contributed by atoms with E-state index in [-0.39, 0.29) is 12.8 Å². The van der Waals surface area contributed by atoms with E-state index >= 15 is 0 Å². The number of rotatable bonds is 37. The number of amides is 1. The molecule has 0 fully saturated rings. The topological polar surface area (TPSA) is 169 Å². The molecule has 3 atom stereocenters. The van der Waals surface area contributed by atoms with Gasteiger partial charge in [-0.05, 0) is 51.4 Å². The van der Waals surface area contributed by atoms with Crippen LogP contribution in [-0.2, 0) is 32.7 Å². The zero-order valence-corrected chi connectivity index (χ0v) is 34.1. The zero-order chi connectivity index (χ0) is 40.0. The lowest BCUT2D eigenvalue weighted by Crippen LogP contribution is -2.43. The molecular formula is C42H72NO10P. The third-order valence-corrected chi connectivity index (χ3v) is 9.27. The predicted molar refractivity (Wildman–Crippen MR) is 217 cm³/mol. The number of phosphoric acid groups is 1. The van der Waals surface area contributed by atoms with Crippen molar-refractivity contribution in [3.05, 3.63) is 60.8 Å². The van der Waals surface area contributed by atoms with E-state index in [0.29, 0.717) is 19.3 Å². The first-order valence-corrected chi connectivity index (χ1v) is 21.8. The average Bonchev–Trinajstić information content (AvgIpc) is 3.14. The van der Waals surface area contributed by atoms with E-state index in [1.54, 1.807) is 0 Å². The molecule has 0 rings (SSSR count). The third kappa shape index (κ3) is 36.2. The number of esters is 1. The standard InChI is InChI=1S/C42H72NO10P/c1-3-5-7-9-11-13-15-17-18-19-20-22-24-26-28-30-32-34-41(46)51-35-38(44)36-52-54(49,50)53-37-39(42(47)48)43-40(45)33-31-29-27-25-23-21-16-14-12-10-8-6-4-2/h5,7,11,13,17-18,20,22,26,28,38-39,44H,3-4,6,8-10,12,14-16,19,21,23-25,27,29-37H2,1-2H3,(H,43,45)(H,47,48)(H,49,50)/b7-5-,13-11-,18-17-,22-20-,28-26-. The van der Waals surface area contributed by atoms with Crippen LogP contribution in [0.2, 0.25) is 0 Å². The summed E-state index contributed by atoms with van der Waals surface area (Å²) in [4.78, 5) is 45.8. The van der Waals surface area contributed by atoms with Gasteiger partial charge in [0.05, 0.1) is 13.2 Å². The summed E-state index contributed by atoms with van der Waals surface area (Å²) in [6.45, 7) is 2.40. The molecule has 0 saturated carbocycles. The number of carbonyl (C=O) groups excluding carboxylic acids is 2. The summed E-state index contributed by atoms with van der Waals surface area (Å²) in [5.74, 6) is -2.44. The van der Waals surface area contributed by atoms with Gasteiger partial charge in [0.25, 0.3) is 0 Å². The second kappa shape index (κ2) is 37.1. The van der Waals surface area contributed by atoms with Crippen LogP contribution in [0.4, 0.5) is 0 Å². The van der Waals surface area contributed by atoms with Gasteiger partial charge in [0.2, 0.25) is 5.91 Å². The molecule has 0 aromatic rings. The van der Waals surface area contributed by atoms with E-state index in [2.05, 4.69) is 67.8 Å². The Morgan fingerprint density at radius 2 is 1.07 bits per heavy atom. The lowest BCUT2D eigenvalue weighted by atomic mass is 10.0.